The molecule has 0 fully saturated rings. The van der Waals surface area contributed by atoms with Crippen molar-refractivity contribution in [3.8, 4) is 23.0 Å². The minimum absolute atomic E-state index is 0.167. The Bertz CT molecular complexity index is 1820. The average Bonchev–Trinajstić information content (AvgIpc) is 3.12. The van der Waals surface area contributed by atoms with Gasteiger partial charge in [-0.2, -0.15) is 0 Å². The standard InChI is InChI=1S/2C21H15FO2/c2*22-18-11-9-17(10-12-18)21(23)15-8-16-6-13-20(14-7-16)24-19-4-2-1-3-5-19/h2*1-15H. The smallest absolute Gasteiger partial charge is 0.185 e. The summed E-state index contributed by atoms with van der Waals surface area (Å²) in [5.74, 6) is 1.94. The molecule has 0 amide bonds. The number of para-hydroxylation sites is 2. The maximum absolute atomic E-state index is 12.9. The van der Waals surface area contributed by atoms with Gasteiger partial charge in [0.1, 0.15) is 34.6 Å². The van der Waals surface area contributed by atoms with E-state index in [1.807, 2.05) is 109 Å². The Morgan fingerprint density at radius 1 is 0.396 bits per heavy atom. The molecule has 0 bridgehead atoms. The van der Waals surface area contributed by atoms with Crippen molar-refractivity contribution >= 4 is 23.7 Å². The van der Waals surface area contributed by atoms with Gasteiger partial charge >= 0.3 is 0 Å². The number of hydrogen-bond acceptors (Lipinski definition) is 4. The highest BCUT2D eigenvalue weighted by Gasteiger charge is 2.03. The Kier molecular flexibility index (Phi) is 11.5. The minimum atomic E-state index is -0.357. The molecule has 6 aromatic rings. The molecule has 0 aliphatic rings. The van der Waals surface area contributed by atoms with Gasteiger partial charge in [-0.25, -0.2) is 8.78 Å². The SMILES string of the molecule is O=C(C=Cc1ccc(Oc2ccccc2)cc1)c1ccc(F)cc1.O=C(C=Cc1ccc(Oc2ccccc2)cc1)c1ccc(F)cc1. The van der Waals surface area contributed by atoms with Crippen LogP contribution in [0.5, 0.6) is 23.0 Å². The van der Waals surface area contributed by atoms with Crippen LogP contribution < -0.4 is 9.47 Å². The molecule has 0 heterocycles. The van der Waals surface area contributed by atoms with Crippen molar-refractivity contribution in [2.75, 3.05) is 0 Å². The number of carbonyl (C=O) groups excluding carboxylic acids is 2. The zero-order chi connectivity index (χ0) is 33.6. The normalized spacial score (nSPS) is 10.7. The lowest BCUT2D eigenvalue weighted by atomic mass is 10.1. The van der Waals surface area contributed by atoms with Gasteiger partial charge in [-0.3, -0.25) is 9.59 Å². The summed E-state index contributed by atoms with van der Waals surface area (Å²) < 4.78 is 37.1. The van der Waals surface area contributed by atoms with E-state index in [0.717, 1.165) is 34.1 Å². The van der Waals surface area contributed by atoms with Gasteiger partial charge in [0.05, 0.1) is 0 Å². The van der Waals surface area contributed by atoms with Crippen molar-refractivity contribution in [2.45, 2.75) is 0 Å². The second-order valence-electron chi connectivity index (χ2n) is 10.4. The second kappa shape index (κ2) is 16.8. The molecule has 6 rings (SSSR count). The number of carbonyl (C=O) groups is 2. The molecule has 0 saturated carbocycles. The fourth-order valence-electron chi connectivity index (χ4n) is 4.31. The van der Waals surface area contributed by atoms with E-state index < -0.39 is 0 Å². The lowest BCUT2D eigenvalue weighted by molar-refractivity contribution is 0.103. The summed E-state index contributed by atoms with van der Waals surface area (Å²) in [4.78, 5) is 24.0. The maximum atomic E-state index is 12.9. The quantitative estimate of drug-likeness (QED) is 0.111. The summed E-state index contributed by atoms with van der Waals surface area (Å²) in [5.41, 5.74) is 2.67. The Morgan fingerprint density at radius 2 is 0.708 bits per heavy atom. The summed E-state index contributed by atoms with van der Waals surface area (Å²) >= 11 is 0. The molecular formula is C42H30F2O4. The van der Waals surface area contributed by atoms with Crippen LogP contribution in [0.1, 0.15) is 31.8 Å². The van der Waals surface area contributed by atoms with Crippen LogP contribution in [0.25, 0.3) is 12.2 Å². The number of allylic oxidation sites excluding steroid dienone is 2. The molecule has 6 aromatic carbocycles. The highest BCUT2D eigenvalue weighted by atomic mass is 19.1. The summed E-state index contributed by atoms with van der Waals surface area (Å²) in [5, 5.41) is 0. The number of hydrogen-bond donors (Lipinski definition) is 0. The molecule has 6 heteroatoms. The van der Waals surface area contributed by atoms with Gasteiger partial charge < -0.3 is 9.47 Å². The van der Waals surface area contributed by atoms with Gasteiger partial charge in [0.2, 0.25) is 0 Å². The van der Waals surface area contributed by atoms with E-state index in [1.165, 1.54) is 60.7 Å². The Hall–Kier alpha value is -6.40. The molecule has 0 radical (unpaired) electrons. The predicted octanol–water partition coefficient (Wildman–Crippen LogP) is 11.0. The summed E-state index contributed by atoms with van der Waals surface area (Å²) in [6, 6.07) is 44.9. The van der Waals surface area contributed by atoms with Gasteiger partial charge in [0, 0.05) is 11.1 Å². The molecule has 236 valence electrons. The maximum Gasteiger partial charge on any atom is 0.185 e. The largest absolute Gasteiger partial charge is 0.457 e. The van der Waals surface area contributed by atoms with Gasteiger partial charge in [0.15, 0.2) is 11.6 Å². The van der Waals surface area contributed by atoms with Crippen LogP contribution in [0, 0.1) is 11.6 Å². The molecule has 4 nitrogen and oxygen atoms in total. The summed E-state index contributed by atoms with van der Waals surface area (Å²) in [6.07, 6.45) is 6.39. The number of benzene rings is 6. The van der Waals surface area contributed by atoms with Crippen LogP contribution in [0.3, 0.4) is 0 Å². The van der Waals surface area contributed by atoms with E-state index in [2.05, 4.69) is 0 Å². The third-order valence-electron chi connectivity index (χ3n) is 6.83. The Balaban J connectivity index is 0.000000188. The Morgan fingerprint density at radius 3 is 1.04 bits per heavy atom. The molecular weight excluding hydrogens is 606 g/mol. The molecule has 0 saturated heterocycles. The van der Waals surface area contributed by atoms with E-state index in [1.54, 1.807) is 12.2 Å². The second-order valence-corrected chi connectivity index (χ2v) is 10.4. The van der Waals surface area contributed by atoms with Crippen molar-refractivity contribution in [1.82, 2.24) is 0 Å². The van der Waals surface area contributed by atoms with Crippen molar-refractivity contribution in [2.24, 2.45) is 0 Å². The van der Waals surface area contributed by atoms with Crippen molar-refractivity contribution < 1.29 is 27.8 Å². The van der Waals surface area contributed by atoms with E-state index in [-0.39, 0.29) is 23.2 Å². The number of ether oxygens (including phenoxy) is 2. The highest BCUT2D eigenvalue weighted by molar-refractivity contribution is 6.07. The fourth-order valence-corrected chi connectivity index (χ4v) is 4.31. The van der Waals surface area contributed by atoms with Crippen molar-refractivity contribution in [3.63, 3.8) is 0 Å². The predicted molar refractivity (Wildman–Crippen MR) is 185 cm³/mol. The zero-order valence-corrected chi connectivity index (χ0v) is 25.7. The molecule has 0 N–H and O–H groups in total. The van der Waals surface area contributed by atoms with E-state index in [9.17, 15) is 18.4 Å². The fraction of sp³-hybridized carbons (Fsp3) is 0. The van der Waals surface area contributed by atoms with E-state index in [4.69, 9.17) is 9.47 Å². The zero-order valence-electron chi connectivity index (χ0n) is 25.7. The van der Waals surface area contributed by atoms with Crippen LogP contribution in [0.4, 0.5) is 8.78 Å². The molecule has 0 aliphatic heterocycles. The third-order valence-corrected chi connectivity index (χ3v) is 6.83. The lowest BCUT2D eigenvalue weighted by Gasteiger charge is -2.05. The minimum Gasteiger partial charge on any atom is -0.457 e. The lowest BCUT2D eigenvalue weighted by Crippen LogP contribution is -1.93. The van der Waals surface area contributed by atoms with Crippen molar-refractivity contribution in [3.05, 3.63) is 204 Å². The first-order chi connectivity index (χ1) is 23.4. The van der Waals surface area contributed by atoms with Crippen LogP contribution in [0.15, 0.2) is 170 Å². The van der Waals surface area contributed by atoms with Crippen LogP contribution in [0.2, 0.25) is 0 Å². The summed E-state index contributed by atoms with van der Waals surface area (Å²) in [7, 11) is 0. The first kappa shape index (κ1) is 33.0. The first-order valence-electron chi connectivity index (χ1n) is 15.0. The van der Waals surface area contributed by atoms with Crippen LogP contribution in [-0.4, -0.2) is 11.6 Å². The third kappa shape index (κ3) is 10.3. The number of halogens is 2. The molecule has 0 unspecified atom stereocenters. The first-order valence-corrected chi connectivity index (χ1v) is 15.0. The monoisotopic (exact) mass is 636 g/mol. The molecule has 0 aliphatic carbocycles. The Labute approximate surface area is 277 Å². The summed E-state index contributed by atoms with van der Waals surface area (Å²) in [6.45, 7) is 0. The average molecular weight is 637 g/mol. The highest BCUT2D eigenvalue weighted by Crippen LogP contribution is 2.23. The van der Waals surface area contributed by atoms with Crippen molar-refractivity contribution in [1.29, 1.82) is 0 Å². The topological polar surface area (TPSA) is 52.6 Å². The van der Waals surface area contributed by atoms with E-state index in [0.29, 0.717) is 11.1 Å². The molecule has 0 atom stereocenters. The van der Waals surface area contributed by atoms with Gasteiger partial charge in [-0.15, -0.1) is 0 Å². The van der Waals surface area contributed by atoms with Crippen LogP contribution in [-0.2, 0) is 0 Å². The molecule has 0 aromatic heterocycles. The number of rotatable bonds is 10. The van der Waals surface area contributed by atoms with Gasteiger partial charge in [0.25, 0.3) is 0 Å². The van der Waals surface area contributed by atoms with E-state index >= 15 is 0 Å². The van der Waals surface area contributed by atoms with Crippen LogP contribution >= 0.6 is 0 Å². The number of ketones is 2. The van der Waals surface area contributed by atoms with Gasteiger partial charge in [-0.1, -0.05) is 72.8 Å². The molecule has 48 heavy (non-hydrogen) atoms. The van der Waals surface area contributed by atoms with Gasteiger partial charge in [-0.05, 0) is 120 Å². The molecule has 0 spiro atoms.